The normalized spacial score (nSPS) is 37.3. The number of hydrogen-bond acceptors (Lipinski definition) is 48. The van der Waals surface area contributed by atoms with Gasteiger partial charge in [-0.2, -0.15) is 29.0 Å². The van der Waals surface area contributed by atoms with Crippen LogP contribution in [0.1, 0.15) is 43.8 Å². The van der Waals surface area contributed by atoms with E-state index in [-0.39, 0.29) is 104 Å². The van der Waals surface area contributed by atoms with Crippen LogP contribution in [0.5, 0.6) is 0 Å². The zero-order valence-electron chi connectivity index (χ0n) is 66.6. The highest BCUT2D eigenvalue weighted by atomic mass is 32.5. The summed E-state index contributed by atoms with van der Waals surface area (Å²) in [5.74, 6) is -0.786. The predicted molar refractivity (Wildman–Crippen MR) is 463 cm³/mol. The van der Waals surface area contributed by atoms with Crippen LogP contribution in [0.4, 0.5) is 56.9 Å². The Morgan fingerprint density at radius 3 is 0.948 bits per heavy atom. The predicted octanol–water partition coefficient (Wildman–Crippen LogP) is -0.411. The van der Waals surface area contributed by atoms with Crippen LogP contribution < -0.4 is 51.1 Å². The third kappa shape index (κ3) is 18.6. The average molecular weight is 2110 g/mol. The van der Waals surface area contributed by atoms with Crippen molar-refractivity contribution in [3.8, 4) is 0 Å². The van der Waals surface area contributed by atoms with Crippen molar-refractivity contribution >= 4 is 213 Å². The highest BCUT2D eigenvalue weighted by molar-refractivity contribution is 8.08. The van der Waals surface area contributed by atoms with Crippen molar-refractivity contribution < 1.29 is 134 Å². The minimum atomic E-state index is -4.37. The molecule has 0 aromatic carbocycles. The first-order valence-electron chi connectivity index (χ1n) is 38.6. The molecule has 720 valence electrons. The molecule has 21 heterocycles. The van der Waals surface area contributed by atoms with Crippen LogP contribution in [-0.2, 0) is 154 Å². The van der Waals surface area contributed by atoms with E-state index in [4.69, 9.17) is 188 Å². The number of aromatic nitrogens is 24. The van der Waals surface area contributed by atoms with E-state index in [0.717, 1.165) is 14.0 Å². The van der Waals surface area contributed by atoms with E-state index in [9.17, 15) is 43.7 Å². The van der Waals surface area contributed by atoms with E-state index in [1.165, 1.54) is 63.4 Å². The molecule has 12 aromatic heterocycles. The van der Waals surface area contributed by atoms with Gasteiger partial charge in [0.05, 0.1) is 81.8 Å². The molecule has 9 saturated heterocycles. The number of halogens is 5. The van der Waals surface area contributed by atoms with Crippen LogP contribution in [0.25, 0.3) is 67.0 Å². The highest BCUT2D eigenvalue weighted by Crippen LogP contribution is 2.60. The molecule has 9 fully saturated rings. The van der Waals surface area contributed by atoms with Gasteiger partial charge in [0.2, 0.25) is 17.8 Å². The van der Waals surface area contributed by atoms with Crippen molar-refractivity contribution in [2.45, 2.75) is 148 Å². The number of pyridine rings is 3. The number of anilines is 6. The Labute approximate surface area is 769 Å². The van der Waals surface area contributed by atoms with Crippen LogP contribution in [0.15, 0.2) is 70.2 Å². The fraction of sp³-hybridized carbons (Fsp3) is 0.500. The quantitative estimate of drug-likeness (QED) is 0.0743. The monoisotopic (exact) mass is 2110 g/mol. The molecule has 6 bridgehead atoms. The number of ether oxygens (including phenoxy) is 6. The number of alkyl halides is 5. The van der Waals surface area contributed by atoms with Crippen LogP contribution >= 0.6 is 40.3 Å². The number of nitrogen functional groups attached to an aromatic ring is 6. The van der Waals surface area contributed by atoms with Crippen LogP contribution in [0.2, 0.25) is 0 Å². The maximum absolute atomic E-state index is 16.0. The van der Waals surface area contributed by atoms with Gasteiger partial charge in [0.15, 0.2) is 119 Å². The van der Waals surface area contributed by atoms with Crippen LogP contribution in [0, 0.1) is 0 Å². The smallest absolute Gasteiger partial charge is 0.325 e. The van der Waals surface area contributed by atoms with Crippen LogP contribution in [-0.4, -0.2) is 292 Å². The molecule has 21 rings (SSSR count). The maximum atomic E-state index is 16.0. The van der Waals surface area contributed by atoms with Gasteiger partial charge in [0.25, 0.3) is 16.7 Å². The highest BCUT2D eigenvalue weighted by Gasteiger charge is 2.59. The molecule has 74 heteroatoms. The van der Waals surface area contributed by atoms with Crippen molar-refractivity contribution in [1.29, 1.82) is 0 Å². The Kier molecular flexibility index (Phi) is 25.8. The Bertz CT molecular complexity index is 6840. The lowest BCUT2D eigenvalue weighted by atomic mass is 10.1. The first-order chi connectivity index (χ1) is 63.5. The Balaban J connectivity index is 0.000000129. The largest absolute Gasteiger partial charge is 0.397 e. The minimum absolute atomic E-state index is 0.0270. The van der Waals surface area contributed by atoms with Gasteiger partial charge in [-0.15, -0.1) is 15.3 Å². The molecule has 0 radical (unpaired) electrons. The first kappa shape index (κ1) is 95.0. The van der Waals surface area contributed by atoms with Gasteiger partial charge in [0.1, 0.15) is 83.7 Å². The van der Waals surface area contributed by atoms with E-state index >= 15 is 22.0 Å². The fourth-order valence-corrected chi connectivity index (χ4v) is 24.2. The van der Waals surface area contributed by atoms with E-state index < -0.39 is 231 Å². The van der Waals surface area contributed by atoms with Crippen molar-refractivity contribution in [3.63, 3.8) is 0 Å². The SMILES string of the molecule is Nc1nc2c(nnn2[C@@H]2O[C@@H]3COP(O)(=S)O[C@H]4[C@H](F)[C@H](n5cnc6c(N)ccnc65)O[C@@H]4COP(O)(=S)O[C@@H]2C3)c(=O)[nH]1.Nc1nc2c(nnn2[C@@H]2O[C@@H]3COP(O)(=S)O[C@H]4[C@H](F)[C@H](n5cnc6c(N)ccnc65)O[C@@H]4COP(O)(=S)O[C@@H]2[C@H]3F)c(=O)[nH]1.Nc1nc2c(nnn2[C@@H]2O[C@@H]3COP(O)(=S)O[C@H]4[C@H](F)[C@H](n5cnc6c(N)ccnc65)O[C@@H]4COP(O)(=S)O[C@@H]2[C@H]3F)c(=O)[nH]1. The molecule has 29 atom stereocenters. The van der Waals surface area contributed by atoms with Crippen molar-refractivity contribution in [2.75, 3.05) is 74.0 Å². The molecule has 0 spiro atoms. The van der Waals surface area contributed by atoms with Gasteiger partial charge in [-0.25, -0.2) is 51.9 Å². The molecule has 57 nitrogen and oxygen atoms in total. The zero-order chi connectivity index (χ0) is 94.6. The summed E-state index contributed by atoms with van der Waals surface area (Å²) in [5.41, 5.74) is 34.1. The molecular weight excluding hydrogens is 2050 g/mol. The number of nitrogens with one attached hydrogen (secondary N) is 3. The Morgan fingerprint density at radius 1 is 0.336 bits per heavy atom. The molecular formula is C60H67F5N30O27P6S6. The van der Waals surface area contributed by atoms with Gasteiger partial charge >= 0.3 is 40.3 Å². The number of nitrogens with zero attached hydrogens (tertiary/aromatic N) is 21. The summed E-state index contributed by atoms with van der Waals surface area (Å²) < 4.78 is 188. The third-order valence-electron chi connectivity index (χ3n) is 21.5. The summed E-state index contributed by atoms with van der Waals surface area (Å²) in [5, 5.41) is 22.9. The molecule has 134 heavy (non-hydrogen) atoms. The fourth-order valence-electron chi connectivity index (χ4n) is 15.6. The standard InChI is InChI=1S/2C20H22F2N10O9P2S2.C20H23FN10O9P2S2/c2*21-9-7-3-36-42(34,44)40-13-8(39-18(10(13)22)31-5-26-11-6(23)1-2-25-15(11)31)4-37-43(35,45)41-14(9)19(38-7)32-16-12(29-30-32)17(33)28-20(24)27-16;21-11-14-10(38-19(11)30-6-25-12-8(22)1-2-24-15(12)30)5-36-41(33,43)39-9-3-7(4-35-42(34,44)40-14)37-18(9)31-16-13(28-29-31)17(32)27-20(23)26-16/h2*1-2,5,7-10,13-14,18-19H,3-4H2,(H2,23,25)(H,34,44)(H,35,45)(H3,24,27,28,33);1-2,6-7,9-11,14,18-19H,3-5H2,(H2,22,24)(H,33,43)(H,34,44)(H3,23,26,27,32)/t2*7-,8-,9+,10+,13-,14-,18-,19-,42?,43?;7-,9+,10+,11-,14+,18+,19+,41?,42?/m110/s1. The average Bonchev–Trinajstić information content (AvgIpc) is 1.58. The first-order valence-corrected chi connectivity index (χ1v) is 54.2. The molecule has 6 unspecified atom stereocenters. The molecule has 21 N–H and O–H groups in total. The topological polar surface area (TPSA) is 765 Å². The molecule has 9 aliphatic heterocycles. The van der Waals surface area contributed by atoms with E-state index in [2.05, 4.69) is 90.7 Å². The summed E-state index contributed by atoms with van der Waals surface area (Å²) in [6.45, 7) is -29.2. The van der Waals surface area contributed by atoms with Gasteiger partial charge in [-0.1, -0.05) is 15.6 Å². The second-order valence-corrected chi connectivity index (χ2v) is 46.9. The number of imidazole rings is 3. The molecule has 0 amide bonds. The van der Waals surface area contributed by atoms with Gasteiger partial charge in [-0.3, -0.25) is 65.7 Å². The number of hydrogen-bond donors (Lipinski definition) is 15. The number of aromatic amines is 3. The zero-order valence-corrected chi connectivity index (χ0v) is 76.8. The number of nitrogens with two attached hydrogens (primary N) is 6. The van der Waals surface area contributed by atoms with E-state index in [1.807, 2.05) is 0 Å². The third-order valence-corrected chi connectivity index (χ3v) is 30.9. The summed E-state index contributed by atoms with van der Waals surface area (Å²) in [4.78, 5) is 147. The van der Waals surface area contributed by atoms with Crippen LogP contribution in [0.3, 0.4) is 0 Å². The Hall–Kier alpha value is -7.91. The second-order valence-electron chi connectivity index (χ2n) is 30.2. The lowest BCUT2D eigenvalue weighted by molar-refractivity contribution is -0.0639. The van der Waals surface area contributed by atoms with E-state index in [1.54, 1.807) is 6.07 Å². The van der Waals surface area contributed by atoms with Gasteiger partial charge in [-0.05, 0) is 89.0 Å². The number of H-pyrrole nitrogens is 3. The molecule has 0 aliphatic carbocycles. The second kappa shape index (κ2) is 36.4. The Morgan fingerprint density at radius 2 is 0.619 bits per heavy atom. The summed E-state index contributed by atoms with van der Waals surface area (Å²) in [7, 11) is 0. The van der Waals surface area contributed by atoms with Gasteiger partial charge < -0.3 is 124 Å². The van der Waals surface area contributed by atoms with Crippen molar-refractivity contribution in [1.82, 2.24) is 118 Å². The summed E-state index contributed by atoms with van der Waals surface area (Å²) in [6.07, 6.45) is -27.7. The van der Waals surface area contributed by atoms with Crippen molar-refractivity contribution in [3.05, 3.63) is 86.8 Å². The number of rotatable bonds is 6. The molecule has 0 saturated carbocycles. The maximum Gasteiger partial charge on any atom is 0.325 e. The summed E-state index contributed by atoms with van der Waals surface area (Å²) >= 11 is 31.0. The lowest BCUT2D eigenvalue weighted by Crippen LogP contribution is -2.34. The van der Waals surface area contributed by atoms with Crippen molar-refractivity contribution in [2.24, 2.45) is 0 Å². The lowest BCUT2D eigenvalue weighted by Gasteiger charge is -2.27. The molecule has 9 aliphatic rings. The molecule has 12 aromatic rings. The van der Waals surface area contributed by atoms with Gasteiger partial charge in [0, 0.05) is 25.0 Å². The minimum Gasteiger partial charge on any atom is -0.397 e. The van der Waals surface area contributed by atoms with E-state index in [0.29, 0.717) is 11.2 Å². The number of fused-ring (bicyclic) bond motifs is 15. The summed E-state index contributed by atoms with van der Waals surface area (Å²) in [6, 6.07) is 4.57.